The van der Waals surface area contributed by atoms with Crippen molar-refractivity contribution in [3.63, 3.8) is 0 Å². The lowest BCUT2D eigenvalue weighted by molar-refractivity contribution is 0.101. The summed E-state index contributed by atoms with van der Waals surface area (Å²) < 4.78 is 37.3. The molecule has 0 spiro atoms. The zero-order chi connectivity index (χ0) is 17.2. The number of rotatable bonds is 6. The quantitative estimate of drug-likeness (QED) is 0.747. The average molecular weight is 351 g/mol. The van der Waals surface area contributed by atoms with Crippen molar-refractivity contribution < 1.29 is 17.6 Å². The Labute approximate surface area is 141 Å². The van der Waals surface area contributed by atoms with Crippen LogP contribution in [0.25, 0.3) is 11.0 Å². The van der Waals surface area contributed by atoms with Crippen LogP contribution in [-0.2, 0) is 14.8 Å². The molecule has 1 aromatic heterocycles. The Morgan fingerprint density at radius 2 is 2.08 bits per heavy atom. The molecule has 0 saturated carbocycles. The summed E-state index contributed by atoms with van der Waals surface area (Å²) in [7, 11) is -1.98. The first-order chi connectivity index (χ1) is 11.5. The molecule has 130 valence electrons. The highest BCUT2D eigenvalue weighted by molar-refractivity contribution is 7.89. The molecule has 3 rings (SSSR count). The van der Waals surface area contributed by atoms with E-state index in [1.165, 1.54) is 28.6 Å². The zero-order valence-corrected chi connectivity index (χ0v) is 14.4. The predicted octanol–water partition coefficient (Wildman–Crippen LogP) is 2.37. The minimum atomic E-state index is -3.56. The van der Waals surface area contributed by atoms with Crippen LogP contribution in [0.3, 0.4) is 0 Å². The topological polar surface area (TPSA) is 76.8 Å². The number of hydrogen-bond acceptors (Lipinski definition) is 5. The van der Waals surface area contributed by atoms with Gasteiger partial charge >= 0.3 is 5.63 Å². The van der Waals surface area contributed by atoms with Crippen molar-refractivity contribution >= 4 is 21.0 Å². The van der Waals surface area contributed by atoms with E-state index in [1.54, 1.807) is 13.1 Å². The second kappa shape index (κ2) is 7.04. The summed E-state index contributed by atoms with van der Waals surface area (Å²) in [5.41, 5.74) is -0.0770. The molecule has 0 N–H and O–H groups in total. The molecule has 1 aliphatic heterocycles. The first-order valence-corrected chi connectivity index (χ1v) is 9.53. The Kier molecular flexibility index (Phi) is 5.03. The average Bonchev–Trinajstić information content (AvgIpc) is 3.07. The third-order valence-corrected chi connectivity index (χ3v) is 6.17. The first kappa shape index (κ1) is 17.1. The van der Waals surface area contributed by atoms with Gasteiger partial charge in [-0.1, -0.05) is 0 Å². The predicted molar refractivity (Wildman–Crippen MR) is 90.5 cm³/mol. The lowest BCUT2D eigenvalue weighted by Crippen LogP contribution is -2.28. The van der Waals surface area contributed by atoms with Crippen LogP contribution in [0.1, 0.15) is 25.7 Å². The lowest BCUT2D eigenvalue weighted by atomic mass is 10.1. The number of nitrogens with zero attached hydrogens (tertiary/aromatic N) is 1. The van der Waals surface area contributed by atoms with Crippen LogP contribution in [0.15, 0.2) is 44.4 Å². The third-order valence-electron chi connectivity index (χ3n) is 4.32. The Morgan fingerprint density at radius 1 is 1.25 bits per heavy atom. The van der Waals surface area contributed by atoms with Gasteiger partial charge in [0.2, 0.25) is 10.0 Å². The van der Waals surface area contributed by atoms with Crippen LogP contribution in [0.2, 0.25) is 0 Å². The molecule has 6 nitrogen and oxygen atoms in total. The maximum Gasteiger partial charge on any atom is 0.336 e. The van der Waals surface area contributed by atoms with Gasteiger partial charge in [-0.2, -0.15) is 0 Å². The molecule has 2 heterocycles. The number of benzene rings is 1. The van der Waals surface area contributed by atoms with Gasteiger partial charge in [0.15, 0.2) is 0 Å². The highest BCUT2D eigenvalue weighted by Crippen LogP contribution is 2.22. The van der Waals surface area contributed by atoms with Gasteiger partial charge in [-0.3, -0.25) is 0 Å². The van der Waals surface area contributed by atoms with Gasteiger partial charge in [-0.15, -0.1) is 0 Å². The highest BCUT2D eigenvalue weighted by Gasteiger charge is 2.22. The SMILES string of the molecule is CN(CCCC1CCCO1)S(=O)(=O)c1ccc2oc(=O)ccc2c1. The minimum Gasteiger partial charge on any atom is -0.423 e. The molecule has 0 amide bonds. The van der Waals surface area contributed by atoms with E-state index in [4.69, 9.17) is 9.15 Å². The Bertz CT molecular complexity index is 868. The fourth-order valence-electron chi connectivity index (χ4n) is 2.92. The zero-order valence-electron chi connectivity index (χ0n) is 13.6. The second-order valence-electron chi connectivity index (χ2n) is 6.06. The second-order valence-corrected chi connectivity index (χ2v) is 8.10. The van der Waals surface area contributed by atoms with E-state index in [2.05, 4.69) is 0 Å². The van der Waals surface area contributed by atoms with Crippen molar-refractivity contribution in [3.05, 3.63) is 40.8 Å². The molecular formula is C17H21NO5S. The van der Waals surface area contributed by atoms with Gasteiger partial charge in [0.1, 0.15) is 5.58 Å². The van der Waals surface area contributed by atoms with Crippen LogP contribution >= 0.6 is 0 Å². The van der Waals surface area contributed by atoms with Crippen molar-refractivity contribution in [3.8, 4) is 0 Å². The summed E-state index contributed by atoms with van der Waals surface area (Å²) in [5.74, 6) is 0. The van der Waals surface area contributed by atoms with Crippen LogP contribution in [0, 0.1) is 0 Å². The first-order valence-electron chi connectivity index (χ1n) is 8.09. The molecule has 1 aliphatic rings. The van der Waals surface area contributed by atoms with Crippen molar-refractivity contribution in [1.29, 1.82) is 0 Å². The summed E-state index contributed by atoms with van der Waals surface area (Å²) in [4.78, 5) is 11.4. The molecule has 1 unspecified atom stereocenters. The minimum absolute atomic E-state index is 0.198. The van der Waals surface area contributed by atoms with Gasteiger partial charge in [-0.25, -0.2) is 17.5 Å². The molecule has 2 aromatic rings. The van der Waals surface area contributed by atoms with Gasteiger partial charge in [0, 0.05) is 31.7 Å². The summed E-state index contributed by atoms with van der Waals surface area (Å²) in [5, 5.41) is 0.587. The fraction of sp³-hybridized carbons (Fsp3) is 0.471. The molecule has 0 bridgehead atoms. The molecular weight excluding hydrogens is 330 g/mol. The Hall–Kier alpha value is -1.70. The molecule has 1 atom stereocenters. The molecule has 24 heavy (non-hydrogen) atoms. The Balaban J connectivity index is 1.71. The van der Waals surface area contributed by atoms with Crippen molar-refractivity contribution in [1.82, 2.24) is 4.31 Å². The number of sulfonamides is 1. The van der Waals surface area contributed by atoms with E-state index < -0.39 is 15.6 Å². The number of ether oxygens (including phenoxy) is 1. The van der Waals surface area contributed by atoms with E-state index >= 15 is 0 Å². The van der Waals surface area contributed by atoms with Crippen molar-refractivity contribution in [2.45, 2.75) is 36.7 Å². The maximum absolute atomic E-state index is 12.7. The van der Waals surface area contributed by atoms with Gasteiger partial charge in [-0.05, 0) is 49.9 Å². The summed E-state index contributed by atoms with van der Waals surface area (Å²) in [6.07, 6.45) is 4.06. The fourth-order valence-corrected chi connectivity index (χ4v) is 4.17. The van der Waals surface area contributed by atoms with Crippen LogP contribution in [0.5, 0.6) is 0 Å². The molecule has 1 saturated heterocycles. The summed E-state index contributed by atoms with van der Waals surface area (Å²) in [6.45, 7) is 1.26. The summed E-state index contributed by atoms with van der Waals surface area (Å²) >= 11 is 0. The normalized spacial score (nSPS) is 18.5. The molecule has 1 aromatic carbocycles. The van der Waals surface area contributed by atoms with Gasteiger partial charge in [0.25, 0.3) is 0 Å². The molecule has 1 fully saturated rings. The smallest absolute Gasteiger partial charge is 0.336 e. The molecule has 0 aliphatic carbocycles. The van der Waals surface area contributed by atoms with E-state index in [1.807, 2.05) is 0 Å². The van der Waals surface area contributed by atoms with Crippen molar-refractivity contribution in [2.24, 2.45) is 0 Å². The standard InChI is InChI=1S/C17H21NO5S/c1-18(10-2-4-14-5-3-11-22-14)24(20,21)15-7-8-16-13(12-15)6-9-17(19)23-16/h6-9,12,14H,2-5,10-11H2,1H3. The van der Waals surface area contributed by atoms with E-state index in [9.17, 15) is 13.2 Å². The lowest BCUT2D eigenvalue weighted by Gasteiger charge is -2.18. The largest absolute Gasteiger partial charge is 0.423 e. The van der Waals surface area contributed by atoms with Crippen LogP contribution in [0.4, 0.5) is 0 Å². The van der Waals surface area contributed by atoms with Crippen molar-refractivity contribution in [2.75, 3.05) is 20.2 Å². The van der Waals surface area contributed by atoms with Gasteiger partial charge < -0.3 is 9.15 Å². The number of hydrogen-bond donors (Lipinski definition) is 0. The monoisotopic (exact) mass is 351 g/mol. The molecule has 7 heteroatoms. The van der Waals surface area contributed by atoms with E-state index in [-0.39, 0.29) is 11.0 Å². The van der Waals surface area contributed by atoms with Crippen LogP contribution in [-0.4, -0.2) is 39.0 Å². The maximum atomic E-state index is 12.7. The van der Waals surface area contributed by atoms with Crippen LogP contribution < -0.4 is 5.63 Å². The number of fused-ring (bicyclic) bond motifs is 1. The highest BCUT2D eigenvalue weighted by atomic mass is 32.2. The van der Waals surface area contributed by atoms with Gasteiger partial charge in [0.05, 0.1) is 11.0 Å². The van der Waals surface area contributed by atoms with E-state index in [0.29, 0.717) is 17.5 Å². The Morgan fingerprint density at radius 3 is 2.83 bits per heavy atom. The summed E-state index contributed by atoms with van der Waals surface area (Å²) in [6, 6.07) is 7.37. The third kappa shape index (κ3) is 3.68. The molecule has 0 radical (unpaired) electrons. The van der Waals surface area contributed by atoms with E-state index in [0.717, 1.165) is 32.3 Å².